The van der Waals surface area contributed by atoms with E-state index in [1.54, 1.807) is 24.3 Å². The molecule has 1 heterocycles. The number of amides is 1. The Morgan fingerprint density at radius 3 is 2.71 bits per heavy atom. The summed E-state index contributed by atoms with van der Waals surface area (Å²) in [6.45, 7) is 0.592. The van der Waals surface area contributed by atoms with Crippen LogP contribution in [0.5, 0.6) is 5.75 Å². The molecule has 2 rings (SSSR count). The number of nitro groups is 1. The maximum absolute atomic E-state index is 11.7. The van der Waals surface area contributed by atoms with Gasteiger partial charge in [0.25, 0.3) is 5.91 Å². The first-order chi connectivity index (χ1) is 10.1. The highest BCUT2D eigenvalue weighted by Crippen LogP contribution is 2.22. The highest BCUT2D eigenvalue weighted by atomic mass is 32.1. The Bertz CT molecular complexity index is 639. The van der Waals surface area contributed by atoms with Crippen LogP contribution in [-0.2, 0) is 0 Å². The molecule has 1 amide bonds. The lowest BCUT2D eigenvalue weighted by molar-refractivity contribution is -0.380. The Morgan fingerprint density at radius 1 is 1.38 bits per heavy atom. The van der Waals surface area contributed by atoms with Crippen molar-refractivity contribution in [2.24, 2.45) is 0 Å². The van der Waals surface area contributed by atoms with Gasteiger partial charge in [-0.05, 0) is 24.3 Å². The van der Waals surface area contributed by atoms with E-state index in [9.17, 15) is 14.9 Å². The molecule has 0 spiro atoms. The zero-order chi connectivity index (χ0) is 15.2. The Hall–Kier alpha value is -2.61. The fraction of sp³-hybridized carbons (Fsp3) is 0.154. The van der Waals surface area contributed by atoms with E-state index in [-0.39, 0.29) is 16.5 Å². The van der Waals surface area contributed by atoms with Gasteiger partial charge in [0, 0.05) is 17.1 Å². The first-order valence-electron chi connectivity index (χ1n) is 6.06. The molecule has 0 bridgehead atoms. The van der Waals surface area contributed by atoms with Crippen molar-refractivity contribution in [3.63, 3.8) is 0 Å². The van der Waals surface area contributed by atoms with Gasteiger partial charge in [-0.1, -0.05) is 11.3 Å². The number of ether oxygens (including phenoxy) is 1. The van der Waals surface area contributed by atoms with E-state index in [4.69, 9.17) is 10.5 Å². The molecule has 0 unspecified atom stereocenters. The van der Waals surface area contributed by atoms with Gasteiger partial charge in [-0.25, -0.2) is 0 Å². The quantitative estimate of drug-likeness (QED) is 0.367. The molecule has 0 atom stereocenters. The summed E-state index contributed by atoms with van der Waals surface area (Å²) in [5, 5.41) is 14.6. The molecule has 8 heteroatoms. The summed E-state index contributed by atoms with van der Waals surface area (Å²) in [6, 6.07) is 8.16. The molecule has 0 saturated heterocycles. The van der Waals surface area contributed by atoms with Crippen LogP contribution >= 0.6 is 11.3 Å². The minimum absolute atomic E-state index is 0.0572. The average Bonchev–Trinajstić information content (AvgIpc) is 2.95. The molecule has 7 nitrogen and oxygen atoms in total. The largest absolute Gasteiger partial charge is 0.492 e. The molecule has 0 aliphatic rings. The van der Waals surface area contributed by atoms with Gasteiger partial charge in [0.15, 0.2) is 0 Å². The van der Waals surface area contributed by atoms with Crippen molar-refractivity contribution in [3.05, 3.63) is 51.4 Å². The molecule has 3 N–H and O–H groups in total. The lowest BCUT2D eigenvalue weighted by Gasteiger charge is -2.07. The van der Waals surface area contributed by atoms with E-state index < -0.39 is 4.92 Å². The van der Waals surface area contributed by atoms with Crippen LogP contribution in [0.2, 0.25) is 0 Å². The highest BCUT2D eigenvalue weighted by Gasteiger charge is 2.14. The van der Waals surface area contributed by atoms with Crippen molar-refractivity contribution >= 4 is 27.9 Å². The number of anilines is 1. The number of nitrogens with zero attached hydrogens (tertiary/aromatic N) is 1. The number of nitrogens with one attached hydrogen (secondary N) is 1. The molecule has 1 aromatic carbocycles. The van der Waals surface area contributed by atoms with Gasteiger partial charge in [0.1, 0.15) is 12.4 Å². The summed E-state index contributed by atoms with van der Waals surface area (Å²) in [4.78, 5) is 21.7. The average molecular weight is 307 g/mol. The van der Waals surface area contributed by atoms with Crippen LogP contribution in [0.25, 0.3) is 0 Å². The van der Waals surface area contributed by atoms with Crippen LogP contribution in [-0.4, -0.2) is 24.0 Å². The minimum atomic E-state index is -0.522. The smallest absolute Gasteiger partial charge is 0.324 e. The fourth-order valence-corrected chi connectivity index (χ4v) is 2.24. The summed E-state index contributed by atoms with van der Waals surface area (Å²) in [5.41, 5.74) is 6.47. The summed E-state index contributed by atoms with van der Waals surface area (Å²) < 4.78 is 5.41. The van der Waals surface area contributed by atoms with Crippen molar-refractivity contribution in [3.8, 4) is 5.75 Å². The van der Waals surface area contributed by atoms with Gasteiger partial charge in [0.2, 0.25) is 0 Å². The van der Waals surface area contributed by atoms with E-state index in [2.05, 4.69) is 5.32 Å². The third-order valence-corrected chi connectivity index (χ3v) is 3.44. The van der Waals surface area contributed by atoms with Gasteiger partial charge in [-0.2, -0.15) is 0 Å². The second kappa shape index (κ2) is 6.71. The lowest BCUT2D eigenvalue weighted by Crippen LogP contribution is -2.27. The maximum atomic E-state index is 11.7. The first kappa shape index (κ1) is 14.8. The molecule has 110 valence electrons. The predicted octanol–water partition coefficient (Wildman–Crippen LogP) is 2.05. The van der Waals surface area contributed by atoms with Crippen LogP contribution in [0.3, 0.4) is 0 Å². The van der Waals surface area contributed by atoms with Gasteiger partial charge in [-0.3, -0.25) is 14.9 Å². The number of hydrogen-bond acceptors (Lipinski definition) is 6. The number of carbonyl (C=O) groups excluding carboxylic acids is 1. The maximum Gasteiger partial charge on any atom is 0.324 e. The molecule has 2 aromatic rings. The predicted molar refractivity (Wildman–Crippen MR) is 79.7 cm³/mol. The number of nitrogen functional groups attached to an aromatic ring is 1. The fourth-order valence-electron chi connectivity index (χ4n) is 1.54. The van der Waals surface area contributed by atoms with Gasteiger partial charge < -0.3 is 15.8 Å². The first-order valence-corrected chi connectivity index (χ1v) is 6.93. The van der Waals surface area contributed by atoms with Crippen molar-refractivity contribution in [2.45, 2.75) is 0 Å². The number of benzene rings is 1. The van der Waals surface area contributed by atoms with Crippen molar-refractivity contribution in [1.29, 1.82) is 0 Å². The van der Waals surface area contributed by atoms with E-state index in [0.717, 1.165) is 11.3 Å². The van der Waals surface area contributed by atoms with E-state index >= 15 is 0 Å². The van der Waals surface area contributed by atoms with Crippen LogP contribution in [0.1, 0.15) is 10.4 Å². The van der Waals surface area contributed by atoms with E-state index in [1.807, 2.05) is 0 Å². The molecule has 0 aliphatic carbocycles. The van der Waals surface area contributed by atoms with Crippen LogP contribution < -0.4 is 15.8 Å². The van der Waals surface area contributed by atoms with Gasteiger partial charge in [-0.15, -0.1) is 0 Å². The standard InChI is InChI=1S/C13H13N3O4S/c14-10-1-3-11(4-2-10)20-6-5-15-13(17)9-7-12(16(18)19)21-8-9/h1-4,7-8H,5-6,14H2,(H,15,17). The Balaban J connectivity index is 1.76. The molecule has 0 fully saturated rings. The summed E-state index contributed by atoms with van der Waals surface area (Å²) >= 11 is 0.920. The molecular formula is C13H13N3O4S. The number of nitrogens with two attached hydrogens (primary N) is 1. The molecule has 0 radical (unpaired) electrons. The van der Waals surface area contributed by atoms with Crippen molar-refractivity contribution in [2.75, 3.05) is 18.9 Å². The molecule has 21 heavy (non-hydrogen) atoms. The SMILES string of the molecule is Nc1ccc(OCCNC(=O)c2csc([N+](=O)[O-])c2)cc1. The van der Waals surface area contributed by atoms with E-state index in [1.165, 1.54) is 11.4 Å². The second-order valence-corrected chi connectivity index (χ2v) is 4.99. The Kier molecular flexibility index (Phi) is 4.72. The second-order valence-electron chi connectivity index (χ2n) is 4.10. The number of carbonyl (C=O) groups is 1. The Labute approximate surface area is 124 Å². The zero-order valence-electron chi connectivity index (χ0n) is 10.9. The number of thiophene rings is 1. The van der Waals surface area contributed by atoms with Crippen LogP contribution in [0.15, 0.2) is 35.7 Å². The monoisotopic (exact) mass is 307 g/mol. The minimum Gasteiger partial charge on any atom is -0.492 e. The van der Waals surface area contributed by atoms with Crippen LogP contribution in [0.4, 0.5) is 10.7 Å². The normalized spacial score (nSPS) is 10.1. The van der Waals surface area contributed by atoms with E-state index in [0.29, 0.717) is 24.6 Å². The third kappa shape index (κ3) is 4.18. The summed E-state index contributed by atoms with van der Waals surface area (Å²) in [6.07, 6.45) is 0. The topological polar surface area (TPSA) is 107 Å². The summed E-state index contributed by atoms with van der Waals surface area (Å²) in [7, 11) is 0. The molecule has 1 aromatic heterocycles. The van der Waals surface area contributed by atoms with Gasteiger partial charge in [0.05, 0.1) is 17.0 Å². The Morgan fingerprint density at radius 2 is 2.10 bits per heavy atom. The zero-order valence-corrected chi connectivity index (χ0v) is 11.8. The third-order valence-electron chi connectivity index (χ3n) is 2.56. The summed E-state index contributed by atoms with van der Waals surface area (Å²) in [5.74, 6) is 0.296. The van der Waals surface area contributed by atoms with Crippen molar-refractivity contribution < 1.29 is 14.5 Å². The number of hydrogen-bond donors (Lipinski definition) is 2. The molecule has 0 aliphatic heterocycles. The van der Waals surface area contributed by atoms with Crippen molar-refractivity contribution in [1.82, 2.24) is 5.32 Å². The molecule has 0 saturated carbocycles. The van der Waals surface area contributed by atoms with Gasteiger partial charge >= 0.3 is 5.00 Å². The molecular weight excluding hydrogens is 294 g/mol. The van der Waals surface area contributed by atoms with Crippen LogP contribution in [0, 0.1) is 10.1 Å². The highest BCUT2D eigenvalue weighted by molar-refractivity contribution is 7.13. The lowest BCUT2D eigenvalue weighted by atomic mass is 10.3. The number of rotatable bonds is 6.